The molecule has 2 fully saturated rings. The number of hydrogen-bond acceptors (Lipinski definition) is 5. The number of rotatable bonds is 4. The summed E-state index contributed by atoms with van der Waals surface area (Å²) < 4.78 is 0. The molecule has 2 aliphatic rings. The number of hydrogen-bond donors (Lipinski definition) is 3. The highest BCUT2D eigenvalue weighted by atomic mass is 16.5. The third-order valence-electron chi connectivity index (χ3n) is 4.76. The van der Waals surface area contributed by atoms with Crippen LogP contribution >= 0.6 is 0 Å². The highest BCUT2D eigenvalue weighted by Gasteiger charge is 2.50. The minimum absolute atomic E-state index is 0.293. The van der Waals surface area contributed by atoms with E-state index in [0.29, 0.717) is 25.2 Å². The van der Waals surface area contributed by atoms with E-state index < -0.39 is 24.0 Å². The fourth-order valence-corrected chi connectivity index (χ4v) is 3.65. The van der Waals surface area contributed by atoms with Crippen molar-refractivity contribution in [3.8, 4) is 0 Å². The maximum absolute atomic E-state index is 12.9. The van der Waals surface area contributed by atoms with Gasteiger partial charge in [-0.15, -0.1) is 0 Å². The van der Waals surface area contributed by atoms with Crippen LogP contribution < -0.4 is 10.8 Å². The van der Waals surface area contributed by atoms with Gasteiger partial charge in [0.15, 0.2) is 0 Å². The zero-order valence-corrected chi connectivity index (χ0v) is 13.9. The number of nitrogens with zero attached hydrogens (tertiary/aromatic N) is 1. The monoisotopic (exact) mass is 325 g/mol. The van der Waals surface area contributed by atoms with E-state index in [1.54, 1.807) is 0 Å². The van der Waals surface area contributed by atoms with Gasteiger partial charge in [-0.1, -0.05) is 39.5 Å². The smallest absolute Gasteiger partial charge is 0.263 e. The van der Waals surface area contributed by atoms with Gasteiger partial charge in [0.25, 0.3) is 5.91 Å². The van der Waals surface area contributed by atoms with Crippen LogP contribution in [0.15, 0.2) is 0 Å². The molecule has 1 aliphatic heterocycles. The van der Waals surface area contributed by atoms with Crippen molar-refractivity contribution in [1.82, 2.24) is 15.7 Å². The van der Waals surface area contributed by atoms with Crippen LogP contribution in [0.1, 0.15) is 58.8 Å². The Bertz CT molecular complexity index is 470. The molecule has 3 N–H and O–H groups in total. The Balaban J connectivity index is 2.29. The van der Waals surface area contributed by atoms with Gasteiger partial charge in [0, 0.05) is 0 Å². The van der Waals surface area contributed by atoms with Gasteiger partial charge in [-0.05, 0) is 25.2 Å². The third kappa shape index (κ3) is 3.90. The number of nitrogens with one attached hydrogen (secondary N) is 2. The molecule has 3 amide bonds. The van der Waals surface area contributed by atoms with Crippen molar-refractivity contribution in [1.29, 1.82) is 0 Å². The minimum Gasteiger partial charge on any atom is -0.292 e. The Morgan fingerprint density at radius 1 is 1.30 bits per heavy atom. The van der Waals surface area contributed by atoms with Crippen LogP contribution in [0.2, 0.25) is 0 Å². The van der Waals surface area contributed by atoms with Crippen LogP contribution in [0.3, 0.4) is 0 Å². The molecule has 1 heterocycles. The van der Waals surface area contributed by atoms with Gasteiger partial charge in [0.1, 0.15) is 6.54 Å². The van der Waals surface area contributed by atoms with E-state index in [2.05, 4.69) is 5.32 Å². The number of carbonyl (C=O) groups excluding carboxylic acids is 3. The fourth-order valence-electron chi connectivity index (χ4n) is 3.65. The van der Waals surface area contributed by atoms with E-state index in [-0.39, 0.29) is 11.8 Å². The molecule has 1 atom stereocenters. The van der Waals surface area contributed by atoms with Crippen LogP contribution in [0.5, 0.6) is 0 Å². The normalized spacial score (nSPS) is 24.9. The van der Waals surface area contributed by atoms with Crippen LogP contribution in [-0.2, 0) is 14.4 Å². The van der Waals surface area contributed by atoms with Crippen LogP contribution in [0.25, 0.3) is 0 Å². The van der Waals surface area contributed by atoms with Crippen molar-refractivity contribution >= 4 is 17.7 Å². The summed E-state index contributed by atoms with van der Waals surface area (Å²) in [5, 5.41) is 12.1. The zero-order chi connectivity index (χ0) is 17.0. The zero-order valence-electron chi connectivity index (χ0n) is 13.9. The first-order valence-corrected chi connectivity index (χ1v) is 8.46. The summed E-state index contributed by atoms with van der Waals surface area (Å²) in [4.78, 5) is 38.1. The molecule has 0 aromatic rings. The summed E-state index contributed by atoms with van der Waals surface area (Å²) in [5.41, 5.74) is 0.757. The molecule has 1 saturated heterocycles. The van der Waals surface area contributed by atoms with E-state index in [4.69, 9.17) is 5.21 Å². The molecule has 7 nitrogen and oxygen atoms in total. The number of amides is 3. The van der Waals surface area contributed by atoms with Crippen LogP contribution in [0.4, 0.5) is 0 Å². The molecule has 23 heavy (non-hydrogen) atoms. The summed E-state index contributed by atoms with van der Waals surface area (Å²) in [5.74, 6) is -1.16. The van der Waals surface area contributed by atoms with E-state index >= 15 is 0 Å². The summed E-state index contributed by atoms with van der Waals surface area (Å²) >= 11 is 0. The summed E-state index contributed by atoms with van der Waals surface area (Å²) in [6.07, 6.45) is 6.01. The number of carbonyl (C=O) groups is 3. The molecule has 1 aliphatic carbocycles. The molecule has 130 valence electrons. The molecule has 0 aromatic heterocycles. The fraction of sp³-hybridized carbons (Fsp3) is 0.812. The Labute approximate surface area is 136 Å². The average Bonchev–Trinajstić information content (AvgIpc) is 2.75. The second-order valence-corrected chi connectivity index (χ2v) is 7.09. The molecule has 0 aromatic carbocycles. The molecule has 0 radical (unpaired) electrons. The van der Waals surface area contributed by atoms with E-state index in [1.165, 1.54) is 5.48 Å². The molecule has 7 heteroatoms. The van der Waals surface area contributed by atoms with Gasteiger partial charge >= 0.3 is 0 Å². The van der Waals surface area contributed by atoms with Crippen molar-refractivity contribution in [2.24, 2.45) is 5.92 Å². The highest BCUT2D eigenvalue weighted by Crippen LogP contribution is 2.33. The summed E-state index contributed by atoms with van der Waals surface area (Å²) in [7, 11) is 0. The van der Waals surface area contributed by atoms with Gasteiger partial charge in [-0.3, -0.25) is 29.8 Å². The lowest BCUT2D eigenvalue weighted by Crippen LogP contribution is -2.71. The van der Waals surface area contributed by atoms with Crippen molar-refractivity contribution in [3.05, 3.63) is 0 Å². The molecule has 0 unspecified atom stereocenters. The number of piperazine rings is 1. The van der Waals surface area contributed by atoms with E-state index in [1.807, 2.05) is 13.8 Å². The lowest BCUT2D eigenvalue weighted by atomic mass is 9.83. The highest BCUT2D eigenvalue weighted by molar-refractivity contribution is 6.07. The lowest BCUT2D eigenvalue weighted by Gasteiger charge is -2.45. The van der Waals surface area contributed by atoms with Crippen LogP contribution in [-0.4, -0.2) is 46.0 Å². The van der Waals surface area contributed by atoms with Gasteiger partial charge in [0.2, 0.25) is 11.8 Å². The van der Waals surface area contributed by atoms with E-state index in [9.17, 15) is 14.4 Å². The standard InChI is InChI=1S/C16H27N3O4/c1-11(2)9-12-14(21)19(10-13(20)18-23)15(22)16(17-12)7-5-3-4-6-8-16/h11-12,17,23H,3-10H2,1-2H3,(H,18,20)/t12-/m0/s1. The molecule has 1 spiro atoms. The Hall–Kier alpha value is -1.47. The topological polar surface area (TPSA) is 98.7 Å². The van der Waals surface area contributed by atoms with Crippen molar-refractivity contribution < 1.29 is 19.6 Å². The minimum atomic E-state index is -0.750. The Kier molecular flexibility index (Phi) is 5.75. The quantitative estimate of drug-likeness (QED) is 0.406. The number of imide groups is 1. The van der Waals surface area contributed by atoms with Gasteiger partial charge in [0.05, 0.1) is 11.6 Å². The van der Waals surface area contributed by atoms with Gasteiger partial charge < -0.3 is 0 Å². The lowest BCUT2D eigenvalue weighted by molar-refractivity contribution is -0.160. The van der Waals surface area contributed by atoms with E-state index in [0.717, 1.165) is 30.6 Å². The third-order valence-corrected chi connectivity index (χ3v) is 4.76. The summed E-state index contributed by atoms with van der Waals surface area (Å²) in [6.45, 7) is 3.62. The van der Waals surface area contributed by atoms with Crippen molar-refractivity contribution in [3.63, 3.8) is 0 Å². The number of hydroxylamine groups is 1. The summed E-state index contributed by atoms with van der Waals surface area (Å²) in [6, 6.07) is -0.461. The predicted octanol–water partition coefficient (Wildman–Crippen LogP) is 0.958. The molecule has 1 saturated carbocycles. The average molecular weight is 325 g/mol. The first-order valence-electron chi connectivity index (χ1n) is 8.46. The first-order chi connectivity index (χ1) is 10.9. The SMILES string of the molecule is CC(C)C[C@@H]1NC2(CCCCCC2)C(=O)N(CC(=O)NO)C1=O. The molecular weight excluding hydrogens is 298 g/mol. The Morgan fingerprint density at radius 2 is 1.91 bits per heavy atom. The second-order valence-electron chi connectivity index (χ2n) is 7.09. The largest absolute Gasteiger partial charge is 0.292 e. The first kappa shape index (κ1) is 17.9. The predicted molar refractivity (Wildman–Crippen MR) is 83.5 cm³/mol. The Morgan fingerprint density at radius 3 is 2.43 bits per heavy atom. The van der Waals surface area contributed by atoms with Crippen molar-refractivity contribution in [2.45, 2.75) is 70.4 Å². The second kappa shape index (κ2) is 7.40. The molecule has 2 rings (SSSR count). The van der Waals surface area contributed by atoms with Crippen LogP contribution in [0, 0.1) is 5.92 Å². The van der Waals surface area contributed by atoms with Gasteiger partial charge in [-0.2, -0.15) is 0 Å². The van der Waals surface area contributed by atoms with Gasteiger partial charge in [-0.25, -0.2) is 5.48 Å². The van der Waals surface area contributed by atoms with Crippen molar-refractivity contribution in [2.75, 3.05) is 6.54 Å². The molecule has 0 bridgehead atoms. The maximum atomic E-state index is 12.9. The maximum Gasteiger partial charge on any atom is 0.263 e. The molecular formula is C16H27N3O4.